The van der Waals surface area contributed by atoms with Crippen LogP contribution in [0.1, 0.15) is 0 Å². The minimum absolute atomic E-state index is 0.569. The third kappa shape index (κ3) is 7.51. The fraction of sp³-hybridized carbons (Fsp3) is 0.556. The van der Waals surface area contributed by atoms with Gasteiger partial charge in [-0.1, -0.05) is 0 Å². The molecule has 0 radical (unpaired) electrons. The first-order valence-electron chi connectivity index (χ1n) is 4.66. The zero-order chi connectivity index (χ0) is 10.6. The number of nitrogens with one attached hydrogen (secondary N) is 1. The summed E-state index contributed by atoms with van der Waals surface area (Å²) in [6.45, 7) is 3.54. The topological polar surface area (TPSA) is 64.4 Å². The predicted molar refractivity (Wildman–Crippen MR) is 56.8 cm³/mol. The van der Waals surface area contributed by atoms with E-state index < -0.39 is 0 Å². The van der Waals surface area contributed by atoms with E-state index in [0.29, 0.717) is 20.1 Å². The highest BCUT2D eigenvalue weighted by atomic mass is 16.5. The number of nitrogens with zero attached hydrogens (tertiary/aromatic N) is 2. The summed E-state index contributed by atoms with van der Waals surface area (Å²) in [6.07, 6.45) is 6.64. The average Bonchev–Trinajstić information content (AvgIpc) is 3.09. The lowest BCUT2D eigenvalue weighted by molar-refractivity contribution is 0.203. The van der Waals surface area contributed by atoms with Gasteiger partial charge in [-0.3, -0.25) is 9.98 Å². The quantitative estimate of drug-likeness (QED) is 0.621. The highest BCUT2D eigenvalue weighted by Gasteiger charge is 1.85. The van der Waals surface area contributed by atoms with Crippen molar-refractivity contribution in [1.29, 1.82) is 0 Å². The first-order chi connectivity index (χ1) is 7.50. The zero-order valence-corrected chi connectivity index (χ0v) is 8.46. The van der Waals surface area contributed by atoms with Crippen LogP contribution >= 0.6 is 0 Å². The van der Waals surface area contributed by atoms with E-state index in [1.54, 1.807) is 18.7 Å². The van der Waals surface area contributed by atoms with Crippen LogP contribution in [0.2, 0.25) is 0 Å². The van der Waals surface area contributed by atoms with E-state index in [4.69, 9.17) is 4.74 Å². The second-order valence-corrected chi connectivity index (χ2v) is 2.57. The van der Waals surface area contributed by atoms with Crippen molar-refractivity contribution in [3.63, 3.8) is 0 Å². The van der Waals surface area contributed by atoms with E-state index in [1.807, 2.05) is 0 Å². The molecule has 0 unspecified atom stereocenters. The predicted octanol–water partition coefficient (Wildman–Crippen LogP) is 0.125. The van der Waals surface area contributed by atoms with E-state index >= 15 is 0 Å². The van der Waals surface area contributed by atoms with E-state index in [0.717, 1.165) is 13.2 Å². The van der Waals surface area contributed by atoms with Crippen LogP contribution in [0, 0.1) is 0 Å². The van der Waals surface area contributed by atoms with Gasteiger partial charge < -0.3 is 19.5 Å². The molecular weight excluding hydrogens is 198 g/mol. The Bertz CT molecular complexity index is 173. The van der Waals surface area contributed by atoms with Crippen molar-refractivity contribution in [3.05, 3.63) is 12.5 Å². The molecule has 3 rings (SSSR count). The minimum atomic E-state index is 0.569. The molecule has 0 fully saturated rings. The van der Waals surface area contributed by atoms with Gasteiger partial charge >= 0.3 is 0 Å². The second kappa shape index (κ2) is 9.01. The van der Waals surface area contributed by atoms with Gasteiger partial charge in [0.15, 0.2) is 13.1 Å². The van der Waals surface area contributed by atoms with Crippen LogP contribution in [0.5, 0.6) is 0 Å². The Morgan fingerprint density at radius 2 is 2.20 bits per heavy atom. The van der Waals surface area contributed by atoms with E-state index in [9.17, 15) is 0 Å². The van der Waals surface area contributed by atoms with Gasteiger partial charge in [-0.15, -0.1) is 0 Å². The van der Waals surface area contributed by atoms with Crippen molar-refractivity contribution >= 4 is 12.6 Å². The molecule has 0 aromatic carbocycles. The van der Waals surface area contributed by atoms with Gasteiger partial charge in [0.2, 0.25) is 0 Å². The molecule has 3 aliphatic rings. The van der Waals surface area contributed by atoms with Crippen molar-refractivity contribution in [2.24, 2.45) is 9.98 Å². The van der Waals surface area contributed by atoms with Gasteiger partial charge in [0.05, 0.1) is 13.2 Å². The Hall–Kier alpha value is -1.56. The molecule has 0 bridgehead atoms. The maximum Gasteiger partial charge on any atom is 0.169 e. The monoisotopic (exact) mass is 213 g/mol. The molecule has 3 heterocycles. The summed E-state index contributed by atoms with van der Waals surface area (Å²) in [7, 11) is 0. The van der Waals surface area contributed by atoms with Crippen LogP contribution in [0.4, 0.5) is 0 Å². The fourth-order valence-corrected chi connectivity index (χ4v) is 0.768. The molecule has 1 N–H and O–H groups in total. The van der Waals surface area contributed by atoms with Crippen molar-refractivity contribution in [1.82, 2.24) is 5.32 Å². The summed E-state index contributed by atoms with van der Waals surface area (Å²) in [5, 5.41) is 2.82. The van der Waals surface area contributed by atoms with E-state index in [-0.39, 0.29) is 0 Å². The number of hydrogen-bond acceptors (Lipinski definition) is 6. The molecule has 0 aliphatic carbocycles. The Kier molecular flexibility index (Phi) is 6.92. The van der Waals surface area contributed by atoms with Crippen molar-refractivity contribution in [2.45, 2.75) is 0 Å². The van der Waals surface area contributed by atoms with Crippen LogP contribution in [-0.2, 0) is 14.2 Å². The third-order valence-electron chi connectivity index (χ3n) is 1.42. The van der Waals surface area contributed by atoms with Gasteiger partial charge in [0, 0.05) is 12.4 Å². The first kappa shape index (κ1) is 11.5. The number of hydrogen-bond donors (Lipinski definition) is 1. The van der Waals surface area contributed by atoms with Gasteiger partial charge in [0.1, 0.15) is 19.6 Å². The molecule has 3 aliphatic heterocycles. The van der Waals surface area contributed by atoms with Gasteiger partial charge in [0.25, 0.3) is 0 Å². The van der Waals surface area contributed by atoms with Gasteiger partial charge in [-0.05, 0) is 0 Å². The molecule has 15 heavy (non-hydrogen) atoms. The molecule has 0 amide bonds. The average molecular weight is 213 g/mol. The summed E-state index contributed by atoms with van der Waals surface area (Å²) >= 11 is 0. The van der Waals surface area contributed by atoms with Gasteiger partial charge in [-0.25, -0.2) is 0 Å². The molecule has 0 aromatic heterocycles. The van der Waals surface area contributed by atoms with E-state index in [1.165, 1.54) is 6.40 Å². The van der Waals surface area contributed by atoms with E-state index in [2.05, 4.69) is 24.8 Å². The van der Waals surface area contributed by atoms with Crippen molar-refractivity contribution < 1.29 is 14.2 Å². The van der Waals surface area contributed by atoms with Crippen LogP contribution in [0.3, 0.4) is 0 Å². The molecule has 0 saturated heterocycles. The Labute approximate surface area is 88.6 Å². The van der Waals surface area contributed by atoms with Crippen molar-refractivity contribution in [3.8, 4) is 0 Å². The summed E-state index contributed by atoms with van der Waals surface area (Å²) in [6, 6.07) is 0. The number of ether oxygens (including phenoxy) is 3. The largest absolute Gasteiger partial charge is 0.482 e. The molecule has 0 atom stereocenters. The first-order valence-corrected chi connectivity index (χ1v) is 4.66. The highest BCUT2D eigenvalue weighted by molar-refractivity contribution is 5.59. The summed E-state index contributed by atoms with van der Waals surface area (Å²) in [5.41, 5.74) is 0. The molecule has 6 nitrogen and oxygen atoms in total. The summed E-state index contributed by atoms with van der Waals surface area (Å²) in [4.78, 5) is 7.47. The SMILES string of the molecule is C1=COCN1.C1=NCCO1.C1=NCOC1. The molecule has 6 heteroatoms. The smallest absolute Gasteiger partial charge is 0.169 e. The Morgan fingerprint density at radius 3 is 2.40 bits per heavy atom. The molecule has 0 saturated carbocycles. The maximum absolute atomic E-state index is 4.72. The normalized spacial score (nSPS) is 19.2. The summed E-state index contributed by atoms with van der Waals surface area (Å²) in [5.74, 6) is 0. The highest BCUT2D eigenvalue weighted by Crippen LogP contribution is 1.79. The Balaban J connectivity index is 0.000000112. The second-order valence-electron chi connectivity index (χ2n) is 2.57. The Morgan fingerprint density at radius 1 is 1.20 bits per heavy atom. The standard InChI is InChI=1S/3C3H5NO/c3*1-2-5-3-4-1/h3H,1-2H2;1H,2-3H2;1-2,4H,3H2. The van der Waals surface area contributed by atoms with Crippen LogP contribution in [-0.4, -0.2) is 45.8 Å². The van der Waals surface area contributed by atoms with Crippen molar-refractivity contribution in [2.75, 3.05) is 33.2 Å². The van der Waals surface area contributed by atoms with Crippen LogP contribution < -0.4 is 5.32 Å². The lowest BCUT2D eigenvalue weighted by Crippen LogP contribution is -1.98. The molecule has 84 valence electrons. The van der Waals surface area contributed by atoms with Gasteiger partial charge in [-0.2, -0.15) is 0 Å². The molecule has 0 aromatic rings. The molecular formula is C9H15N3O3. The fourth-order valence-electron chi connectivity index (χ4n) is 0.768. The van der Waals surface area contributed by atoms with Crippen LogP contribution in [0.15, 0.2) is 22.4 Å². The number of aliphatic imine (C=N–C) groups is 2. The maximum atomic E-state index is 4.72. The molecule has 0 spiro atoms. The lowest BCUT2D eigenvalue weighted by Gasteiger charge is -1.82. The third-order valence-corrected chi connectivity index (χ3v) is 1.42. The zero-order valence-electron chi connectivity index (χ0n) is 8.46. The summed E-state index contributed by atoms with van der Waals surface area (Å²) < 4.78 is 14.0. The van der Waals surface area contributed by atoms with Crippen LogP contribution in [0.25, 0.3) is 0 Å². The number of rotatable bonds is 0. The minimum Gasteiger partial charge on any atom is -0.482 e. The lowest BCUT2D eigenvalue weighted by atomic mass is 10.8.